The normalized spacial score (nSPS) is 12.7. The highest BCUT2D eigenvalue weighted by Crippen LogP contribution is 2.23. The molecule has 0 saturated carbocycles. The molecule has 0 unspecified atom stereocenters. The van der Waals surface area contributed by atoms with Crippen LogP contribution in [0.5, 0.6) is 11.5 Å². The SMILES string of the molecule is C=CC(=O)OCCCCOc1ccc(C(=O)OC2=CC=C(OC(=O)c3ccc(O/C=C\C)cc3)CC2)cc1. The highest BCUT2D eigenvalue weighted by atomic mass is 16.5. The van der Waals surface area contributed by atoms with E-state index in [0.29, 0.717) is 73.0 Å². The van der Waals surface area contributed by atoms with E-state index in [1.165, 1.54) is 0 Å². The number of benzene rings is 2. The Bertz CT molecular complexity index is 1200. The molecule has 2 aromatic carbocycles. The molecular formula is C30H30O8. The molecule has 0 radical (unpaired) electrons. The molecule has 1 aliphatic carbocycles. The first-order valence-electron chi connectivity index (χ1n) is 12.2. The molecule has 8 nitrogen and oxygen atoms in total. The Morgan fingerprint density at radius 3 is 1.82 bits per heavy atom. The van der Waals surface area contributed by atoms with E-state index >= 15 is 0 Å². The van der Waals surface area contributed by atoms with E-state index in [-0.39, 0.29) is 0 Å². The van der Waals surface area contributed by atoms with E-state index in [9.17, 15) is 14.4 Å². The monoisotopic (exact) mass is 518 g/mol. The topological polar surface area (TPSA) is 97.4 Å². The standard InChI is InChI=1S/C30H30O8/c1-3-19-34-24-11-7-22(8-12-24)29(32)37-26-15-17-27(18-16-26)38-30(33)23-9-13-25(14-10-23)35-20-5-6-21-36-28(31)4-2/h3-4,7-15,17,19H,2,5-6,16,18,20-21H2,1H3/b19-3-. The average Bonchev–Trinajstić information content (AvgIpc) is 2.95. The van der Waals surface area contributed by atoms with Gasteiger partial charge in [0.2, 0.25) is 0 Å². The zero-order valence-electron chi connectivity index (χ0n) is 21.2. The number of allylic oxidation sites excluding steroid dienone is 5. The summed E-state index contributed by atoms with van der Waals surface area (Å²) in [7, 11) is 0. The number of hydrogen-bond acceptors (Lipinski definition) is 8. The lowest BCUT2D eigenvalue weighted by Gasteiger charge is -2.15. The van der Waals surface area contributed by atoms with E-state index in [0.717, 1.165) is 6.08 Å². The van der Waals surface area contributed by atoms with Crippen LogP contribution in [0.25, 0.3) is 0 Å². The lowest BCUT2D eigenvalue weighted by molar-refractivity contribution is -0.137. The van der Waals surface area contributed by atoms with Gasteiger partial charge < -0.3 is 23.7 Å². The molecule has 3 rings (SSSR count). The molecule has 8 heteroatoms. The summed E-state index contributed by atoms with van der Waals surface area (Å²) in [6, 6.07) is 13.3. The van der Waals surface area contributed by atoms with Crippen molar-refractivity contribution in [1.29, 1.82) is 0 Å². The third-order valence-electron chi connectivity index (χ3n) is 5.26. The first kappa shape index (κ1) is 28.0. The van der Waals surface area contributed by atoms with Crippen LogP contribution in [0.3, 0.4) is 0 Å². The summed E-state index contributed by atoms with van der Waals surface area (Å²) < 4.78 is 26.8. The Balaban J connectivity index is 1.42. The highest BCUT2D eigenvalue weighted by molar-refractivity contribution is 5.91. The molecule has 0 bridgehead atoms. The van der Waals surface area contributed by atoms with Crippen LogP contribution in [0.15, 0.2) is 97.2 Å². The molecule has 0 N–H and O–H groups in total. The number of esters is 3. The summed E-state index contributed by atoms with van der Waals surface area (Å²) in [5.41, 5.74) is 0.791. The first-order valence-corrected chi connectivity index (χ1v) is 12.2. The Morgan fingerprint density at radius 1 is 0.789 bits per heavy atom. The molecule has 0 aromatic heterocycles. The third-order valence-corrected chi connectivity index (χ3v) is 5.26. The largest absolute Gasteiger partial charge is 0.494 e. The van der Waals surface area contributed by atoms with Crippen LogP contribution < -0.4 is 9.47 Å². The fraction of sp³-hybridized carbons (Fsp3) is 0.233. The zero-order chi connectivity index (χ0) is 27.2. The Kier molecular flexibility index (Phi) is 10.9. The molecular weight excluding hydrogens is 488 g/mol. The summed E-state index contributed by atoms with van der Waals surface area (Å²) in [5, 5.41) is 0. The summed E-state index contributed by atoms with van der Waals surface area (Å²) in [4.78, 5) is 35.9. The van der Waals surface area contributed by atoms with Gasteiger partial charge in [-0.15, -0.1) is 0 Å². The lowest BCUT2D eigenvalue weighted by atomic mass is 10.1. The molecule has 0 saturated heterocycles. The maximum absolute atomic E-state index is 12.5. The van der Waals surface area contributed by atoms with Crippen molar-refractivity contribution < 1.29 is 38.1 Å². The number of carbonyl (C=O) groups excluding carboxylic acids is 3. The molecule has 0 amide bonds. The van der Waals surface area contributed by atoms with Gasteiger partial charge in [0.25, 0.3) is 0 Å². The molecule has 0 heterocycles. The minimum absolute atomic E-state index is 0.314. The summed E-state index contributed by atoms with van der Waals surface area (Å²) in [5.74, 6) is 0.819. The van der Waals surface area contributed by atoms with Gasteiger partial charge in [0.05, 0.1) is 30.6 Å². The molecule has 1 aliphatic rings. The molecule has 0 fully saturated rings. The highest BCUT2D eigenvalue weighted by Gasteiger charge is 2.17. The fourth-order valence-corrected chi connectivity index (χ4v) is 3.25. The van der Waals surface area contributed by atoms with Gasteiger partial charge in [-0.25, -0.2) is 14.4 Å². The van der Waals surface area contributed by atoms with Crippen LogP contribution in [0.4, 0.5) is 0 Å². The van der Waals surface area contributed by atoms with Gasteiger partial charge in [-0.05, 0) is 80.4 Å². The lowest BCUT2D eigenvalue weighted by Crippen LogP contribution is -2.10. The molecule has 0 aliphatic heterocycles. The van der Waals surface area contributed by atoms with Gasteiger partial charge in [0.15, 0.2) is 0 Å². The summed E-state index contributed by atoms with van der Waals surface area (Å²) in [6.07, 6.45) is 9.94. The van der Waals surface area contributed by atoms with Gasteiger partial charge in [-0.3, -0.25) is 0 Å². The zero-order valence-corrected chi connectivity index (χ0v) is 21.2. The van der Waals surface area contributed by atoms with Gasteiger partial charge in [-0.2, -0.15) is 0 Å². The second kappa shape index (κ2) is 14.8. The predicted molar refractivity (Wildman–Crippen MR) is 140 cm³/mol. The van der Waals surface area contributed by atoms with Crippen LogP contribution in [0.2, 0.25) is 0 Å². The van der Waals surface area contributed by atoms with E-state index in [2.05, 4.69) is 6.58 Å². The second-order valence-electron chi connectivity index (χ2n) is 8.11. The summed E-state index contributed by atoms with van der Waals surface area (Å²) in [6.45, 7) is 5.95. The minimum Gasteiger partial charge on any atom is -0.494 e. The van der Waals surface area contributed by atoms with Crippen molar-refractivity contribution in [2.24, 2.45) is 0 Å². The molecule has 38 heavy (non-hydrogen) atoms. The van der Waals surface area contributed by atoms with Crippen LogP contribution in [-0.4, -0.2) is 31.1 Å². The van der Waals surface area contributed by atoms with E-state index in [4.69, 9.17) is 23.7 Å². The predicted octanol–water partition coefficient (Wildman–Crippen LogP) is 6.06. The van der Waals surface area contributed by atoms with Crippen molar-refractivity contribution in [3.8, 4) is 11.5 Å². The Hall–Kier alpha value is -4.59. The number of carbonyl (C=O) groups is 3. The number of rotatable bonds is 13. The number of hydrogen-bond donors (Lipinski definition) is 0. The van der Waals surface area contributed by atoms with E-state index in [1.807, 2.05) is 6.92 Å². The van der Waals surface area contributed by atoms with Crippen LogP contribution >= 0.6 is 0 Å². The van der Waals surface area contributed by atoms with Crippen LogP contribution in [0.1, 0.15) is 53.3 Å². The Labute approximate surface area is 221 Å². The Morgan fingerprint density at radius 2 is 1.32 bits per heavy atom. The van der Waals surface area contributed by atoms with Crippen molar-refractivity contribution in [2.45, 2.75) is 32.6 Å². The van der Waals surface area contributed by atoms with Gasteiger partial charge in [0, 0.05) is 18.9 Å². The van der Waals surface area contributed by atoms with Crippen molar-refractivity contribution in [3.05, 3.63) is 108 Å². The molecule has 0 spiro atoms. The van der Waals surface area contributed by atoms with Gasteiger partial charge in [0.1, 0.15) is 23.0 Å². The minimum atomic E-state index is -0.485. The maximum atomic E-state index is 12.5. The first-order chi connectivity index (χ1) is 18.5. The van der Waals surface area contributed by atoms with Gasteiger partial charge in [-0.1, -0.05) is 12.7 Å². The second-order valence-corrected chi connectivity index (χ2v) is 8.11. The fourth-order valence-electron chi connectivity index (χ4n) is 3.25. The number of unbranched alkanes of at least 4 members (excludes halogenated alkanes) is 1. The quantitative estimate of drug-likeness (QED) is 0.104. The number of ether oxygens (including phenoxy) is 5. The van der Waals surface area contributed by atoms with Gasteiger partial charge >= 0.3 is 17.9 Å². The smallest absolute Gasteiger partial charge is 0.343 e. The van der Waals surface area contributed by atoms with Crippen molar-refractivity contribution in [1.82, 2.24) is 0 Å². The molecule has 2 aromatic rings. The molecule has 198 valence electrons. The van der Waals surface area contributed by atoms with E-state index in [1.54, 1.807) is 73.0 Å². The van der Waals surface area contributed by atoms with Crippen LogP contribution in [0, 0.1) is 0 Å². The van der Waals surface area contributed by atoms with E-state index < -0.39 is 17.9 Å². The third kappa shape index (κ3) is 9.13. The van der Waals surface area contributed by atoms with Crippen LogP contribution in [-0.2, 0) is 19.0 Å². The van der Waals surface area contributed by atoms with Crippen molar-refractivity contribution >= 4 is 17.9 Å². The van der Waals surface area contributed by atoms with Crippen molar-refractivity contribution in [3.63, 3.8) is 0 Å². The molecule has 0 atom stereocenters. The average molecular weight is 519 g/mol. The summed E-state index contributed by atoms with van der Waals surface area (Å²) >= 11 is 0. The maximum Gasteiger partial charge on any atom is 0.343 e. The van der Waals surface area contributed by atoms with Crippen molar-refractivity contribution in [2.75, 3.05) is 13.2 Å².